The van der Waals surface area contributed by atoms with E-state index in [1.807, 2.05) is 18.2 Å². The molecule has 0 saturated heterocycles. The van der Waals surface area contributed by atoms with Crippen LogP contribution in [0.1, 0.15) is 22.9 Å². The lowest BCUT2D eigenvalue weighted by molar-refractivity contribution is 0.668. The average molecular weight is 654 g/mol. The summed E-state index contributed by atoms with van der Waals surface area (Å²) in [5, 5.41) is 10.4. The van der Waals surface area contributed by atoms with Gasteiger partial charge in [0.1, 0.15) is 22.8 Å². The van der Waals surface area contributed by atoms with Crippen molar-refractivity contribution in [3.8, 4) is 22.3 Å². The fourth-order valence-corrected chi connectivity index (χ4v) is 7.30. The standard InChI is InChI=1S/C47H31N3O/c1-3-10-30(11-4-1)34-19-20-36-28-39(23-21-35(36)26-34)46-48-45(38-22-18-32-14-7-8-15-33(32)27-38)49-47(50-46)41-16-9-17-42-44(41)40-25-24-37(29-43(40)51-42)31-12-5-2-6-13-31/h1-29,47H,(H,48,49,50). The molecule has 1 aliphatic rings. The summed E-state index contributed by atoms with van der Waals surface area (Å²) < 4.78 is 6.49. The van der Waals surface area contributed by atoms with Gasteiger partial charge in [-0.25, -0.2) is 9.98 Å². The van der Waals surface area contributed by atoms with Gasteiger partial charge in [0, 0.05) is 27.5 Å². The van der Waals surface area contributed by atoms with Gasteiger partial charge in [-0.05, 0) is 80.2 Å². The summed E-state index contributed by atoms with van der Waals surface area (Å²) in [6.07, 6.45) is -0.489. The second kappa shape index (κ2) is 12.0. The van der Waals surface area contributed by atoms with Gasteiger partial charge < -0.3 is 9.73 Å². The van der Waals surface area contributed by atoms with Crippen LogP contribution in [0.4, 0.5) is 0 Å². The maximum atomic E-state index is 6.49. The third kappa shape index (κ3) is 5.25. The number of furan rings is 1. The highest BCUT2D eigenvalue weighted by molar-refractivity contribution is 6.18. The van der Waals surface area contributed by atoms with Gasteiger partial charge in [-0.2, -0.15) is 0 Å². The van der Waals surface area contributed by atoms with Crippen molar-refractivity contribution in [3.63, 3.8) is 0 Å². The molecule has 0 amide bonds. The summed E-state index contributed by atoms with van der Waals surface area (Å²) in [6, 6.07) is 61.7. The molecular formula is C47H31N3O. The van der Waals surface area contributed by atoms with E-state index in [9.17, 15) is 0 Å². The smallest absolute Gasteiger partial charge is 0.170 e. The van der Waals surface area contributed by atoms with E-state index in [1.165, 1.54) is 21.9 Å². The Kier molecular flexibility index (Phi) is 6.85. The summed E-state index contributed by atoms with van der Waals surface area (Å²) in [6.45, 7) is 0. The molecule has 0 fully saturated rings. The summed E-state index contributed by atoms with van der Waals surface area (Å²) in [7, 11) is 0. The number of nitrogens with zero attached hydrogens (tertiary/aromatic N) is 2. The summed E-state index contributed by atoms with van der Waals surface area (Å²) >= 11 is 0. The van der Waals surface area contributed by atoms with Gasteiger partial charge in [0.15, 0.2) is 6.17 Å². The highest BCUT2D eigenvalue weighted by atomic mass is 16.3. The Morgan fingerprint density at radius 3 is 1.61 bits per heavy atom. The first-order valence-electron chi connectivity index (χ1n) is 17.3. The van der Waals surface area contributed by atoms with Gasteiger partial charge >= 0.3 is 0 Å². The highest BCUT2D eigenvalue weighted by Crippen LogP contribution is 2.38. The molecule has 1 N–H and O–H groups in total. The van der Waals surface area contributed by atoms with E-state index in [-0.39, 0.29) is 0 Å². The van der Waals surface area contributed by atoms with Crippen LogP contribution in [-0.2, 0) is 0 Å². The molecule has 4 nitrogen and oxygen atoms in total. The molecule has 0 radical (unpaired) electrons. The number of hydrogen-bond acceptors (Lipinski definition) is 4. The second-order valence-corrected chi connectivity index (χ2v) is 13.1. The van der Waals surface area contributed by atoms with Crippen molar-refractivity contribution in [1.82, 2.24) is 5.32 Å². The van der Waals surface area contributed by atoms with E-state index in [0.29, 0.717) is 0 Å². The lowest BCUT2D eigenvalue weighted by atomic mass is 9.99. The lowest BCUT2D eigenvalue weighted by Gasteiger charge is -2.23. The van der Waals surface area contributed by atoms with Gasteiger partial charge in [0.25, 0.3) is 0 Å². The average Bonchev–Trinajstić information content (AvgIpc) is 3.59. The normalized spacial score (nSPS) is 14.5. The topological polar surface area (TPSA) is 49.9 Å². The minimum atomic E-state index is -0.489. The molecular weight excluding hydrogens is 623 g/mol. The Hall–Kier alpha value is -6.78. The van der Waals surface area contributed by atoms with Crippen molar-refractivity contribution < 1.29 is 4.42 Å². The molecule has 0 aliphatic carbocycles. The monoisotopic (exact) mass is 653 g/mol. The lowest BCUT2D eigenvalue weighted by Crippen LogP contribution is -2.36. The molecule has 1 aliphatic heterocycles. The van der Waals surface area contributed by atoms with E-state index in [2.05, 4.69) is 163 Å². The molecule has 8 aromatic carbocycles. The minimum absolute atomic E-state index is 0.489. The first kappa shape index (κ1) is 29.2. The van der Waals surface area contributed by atoms with Crippen LogP contribution < -0.4 is 5.32 Å². The fraction of sp³-hybridized carbons (Fsp3) is 0.0213. The minimum Gasteiger partial charge on any atom is -0.456 e. The Balaban J connectivity index is 1.11. The van der Waals surface area contributed by atoms with E-state index in [0.717, 1.165) is 72.2 Å². The number of nitrogens with one attached hydrogen (secondary N) is 1. The van der Waals surface area contributed by atoms with Gasteiger partial charge in [-0.15, -0.1) is 0 Å². The van der Waals surface area contributed by atoms with Gasteiger partial charge in [0.2, 0.25) is 0 Å². The molecule has 9 aromatic rings. The van der Waals surface area contributed by atoms with Crippen molar-refractivity contribution in [2.24, 2.45) is 9.98 Å². The Labute approximate surface area is 295 Å². The van der Waals surface area contributed by atoms with Crippen molar-refractivity contribution >= 4 is 55.2 Å². The fourth-order valence-electron chi connectivity index (χ4n) is 7.30. The molecule has 240 valence electrons. The van der Waals surface area contributed by atoms with Gasteiger partial charge in [0.05, 0.1) is 0 Å². The first-order chi connectivity index (χ1) is 25.2. The van der Waals surface area contributed by atoms with Crippen molar-refractivity contribution in [2.45, 2.75) is 6.17 Å². The second-order valence-electron chi connectivity index (χ2n) is 13.1. The van der Waals surface area contributed by atoms with Crippen LogP contribution in [0.15, 0.2) is 190 Å². The van der Waals surface area contributed by atoms with Crippen LogP contribution in [0, 0.1) is 0 Å². The molecule has 0 spiro atoms. The largest absolute Gasteiger partial charge is 0.456 e. The van der Waals surface area contributed by atoms with Crippen LogP contribution in [0.25, 0.3) is 65.7 Å². The van der Waals surface area contributed by atoms with E-state index >= 15 is 0 Å². The van der Waals surface area contributed by atoms with Crippen LogP contribution in [0.5, 0.6) is 0 Å². The third-order valence-electron chi connectivity index (χ3n) is 9.90. The quantitative estimate of drug-likeness (QED) is 0.201. The van der Waals surface area contributed by atoms with Gasteiger partial charge in [-0.1, -0.05) is 140 Å². The molecule has 2 heterocycles. The third-order valence-corrected chi connectivity index (χ3v) is 9.90. The molecule has 10 rings (SSSR count). The van der Waals surface area contributed by atoms with Gasteiger partial charge in [-0.3, -0.25) is 0 Å². The summed E-state index contributed by atoms with van der Waals surface area (Å²) in [5.41, 5.74) is 9.37. The molecule has 1 atom stereocenters. The Bertz CT molecular complexity index is 2830. The zero-order valence-electron chi connectivity index (χ0n) is 27.6. The van der Waals surface area contributed by atoms with Crippen LogP contribution in [0.3, 0.4) is 0 Å². The van der Waals surface area contributed by atoms with E-state index in [4.69, 9.17) is 14.4 Å². The predicted octanol–water partition coefficient (Wildman–Crippen LogP) is 11.7. The highest BCUT2D eigenvalue weighted by Gasteiger charge is 2.24. The maximum absolute atomic E-state index is 6.49. The SMILES string of the molecule is c1ccc(-c2ccc3cc(C4=NC(c5cccc6oc7cc(-c8ccccc8)ccc7c56)N=C(c5ccc6ccccc6c5)N4)ccc3c2)cc1. The van der Waals surface area contributed by atoms with Crippen molar-refractivity contribution in [2.75, 3.05) is 0 Å². The molecule has 4 heteroatoms. The van der Waals surface area contributed by atoms with Crippen LogP contribution in [0.2, 0.25) is 0 Å². The number of hydrogen-bond donors (Lipinski definition) is 1. The maximum Gasteiger partial charge on any atom is 0.170 e. The van der Waals surface area contributed by atoms with Crippen molar-refractivity contribution in [1.29, 1.82) is 0 Å². The Morgan fingerprint density at radius 2 is 0.922 bits per heavy atom. The Morgan fingerprint density at radius 1 is 0.392 bits per heavy atom. The zero-order valence-corrected chi connectivity index (χ0v) is 27.6. The zero-order chi connectivity index (χ0) is 33.7. The van der Waals surface area contributed by atoms with E-state index < -0.39 is 6.17 Å². The van der Waals surface area contributed by atoms with E-state index in [1.54, 1.807) is 0 Å². The molecule has 0 saturated carbocycles. The summed E-state index contributed by atoms with van der Waals surface area (Å²) in [4.78, 5) is 10.6. The van der Waals surface area contributed by atoms with Crippen LogP contribution >= 0.6 is 0 Å². The number of rotatable bonds is 5. The molecule has 0 bridgehead atoms. The number of benzene rings is 8. The molecule has 51 heavy (non-hydrogen) atoms. The number of fused-ring (bicyclic) bond motifs is 5. The van der Waals surface area contributed by atoms with Crippen LogP contribution in [-0.4, -0.2) is 11.7 Å². The molecule has 1 unspecified atom stereocenters. The first-order valence-corrected chi connectivity index (χ1v) is 17.3. The van der Waals surface area contributed by atoms with Crippen molar-refractivity contribution in [3.05, 3.63) is 193 Å². The summed E-state index contributed by atoms with van der Waals surface area (Å²) in [5.74, 6) is 1.56. The number of aliphatic imine (C=N–C) groups is 2. The molecule has 1 aromatic heterocycles. The predicted molar refractivity (Wildman–Crippen MR) is 211 cm³/mol. The number of amidine groups is 2.